The van der Waals surface area contributed by atoms with E-state index in [1.165, 1.54) is 29.3 Å². The van der Waals surface area contributed by atoms with E-state index in [1.54, 1.807) is 0 Å². The summed E-state index contributed by atoms with van der Waals surface area (Å²) >= 11 is 0. The molecule has 2 aromatic rings. The van der Waals surface area contributed by atoms with Crippen LogP contribution in [0.4, 0.5) is 0 Å². The van der Waals surface area contributed by atoms with E-state index in [-0.39, 0.29) is 0 Å². The summed E-state index contributed by atoms with van der Waals surface area (Å²) in [5.41, 5.74) is 2.65. The van der Waals surface area contributed by atoms with Crippen molar-refractivity contribution in [2.75, 3.05) is 19.7 Å². The van der Waals surface area contributed by atoms with E-state index in [9.17, 15) is 0 Å². The third-order valence-corrected chi connectivity index (χ3v) is 4.32. The van der Waals surface area contributed by atoms with Crippen LogP contribution in [0.1, 0.15) is 24.8 Å². The Morgan fingerprint density at radius 2 is 2.05 bits per heavy atom. The second kappa shape index (κ2) is 5.76. The van der Waals surface area contributed by atoms with Gasteiger partial charge in [-0.3, -0.25) is 4.90 Å². The highest BCUT2D eigenvalue weighted by Gasteiger charge is 2.19. The average molecular weight is 258 g/mol. The first-order chi connectivity index (χ1) is 9.36. The molecule has 0 radical (unpaired) electrons. The van der Waals surface area contributed by atoms with Gasteiger partial charge in [0.25, 0.3) is 0 Å². The van der Waals surface area contributed by atoms with Crippen molar-refractivity contribution in [1.29, 1.82) is 0 Å². The Morgan fingerprint density at radius 1 is 1.21 bits per heavy atom. The molecule has 1 saturated heterocycles. The van der Waals surface area contributed by atoms with Crippen LogP contribution >= 0.6 is 0 Å². The predicted molar refractivity (Wildman–Crippen MR) is 78.0 cm³/mol. The molecule has 2 N–H and O–H groups in total. The molecule has 0 atom stereocenters. The molecule has 102 valence electrons. The largest absolute Gasteiger partial charge is 0.396 e. The molecule has 0 aliphatic carbocycles. The van der Waals surface area contributed by atoms with Crippen LogP contribution in [0.15, 0.2) is 30.5 Å². The maximum atomic E-state index is 9.00. The van der Waals surface area contributed by atoms with Crippen molar-refractivity contribution in [3.05, 3.63) is 36.0 Å². The quantitative estimate of drug-likeness (QED) is 0.885. The van der Waals surface area contributed by atoms with Crippen molar-refractivity contribution in [1.82, 2.24) is 9.88 Å². The summed E-state index contributed by atoms with van der Waals surface area (Å²) in [5, 5.41) is 10.3. The summed E-state index contributed by atoms with van der Waals surface area (Å²) in [4.78, 5) is 5.81. The molecule has 0 saturated carbocycles. The van der Waals surface area contributed by atoms with Crippen LogP contribution in [-0.2, 0) is 6.54 Å². The minimum Gasteiger partial charge on any atom is -0.396 e. The first kappa shape index (κ1) is 12.7. The molecule has 1 aromatic heterocycles. The van der Waals surface area contributed by atoms with E-state index in [0.717, 1.165) is 32.0 Å². The molecule has 2 heterocycles. The summed E-state index contributed by atoms with van der Waals surface area (Å²) in [7, 11) is 0. The lowest BCUT2D eigenvalue weighted by Crippen LogP contribution is -2.33. The maximum Gasteiger partial charge on any atom is 0.0457 e. The number of H-pyrrole nitrogens is 1. The summed E-state index contributed by atoms with van der Waals surface area (Å²) in [6, 6.07) is 8.66. The number of hydrogen-bond acceptors (Lipinski definition) is 2. The molecule has 1 aliphatic rings. The number of benzene rings is 1. The number of aliphatic hydroxyl groups excluding tert-OH is 1. The van der Waals surface area contributed by atoms with Crippen LogP contribution in [0.2, 0.25) is 0 Å². The number of piperidine rings is 1. The number of aromatic amines is 1. The lowest BCUT2D eigenvalue weighted by Gasteiger charge is -2.31. The molecule has 3 nitrogen and oxygen atoms in total. The monoisotopic (exact) mass is 258 g/mol. The van der Waals surface area contributed by atoms with Gasteiger partial charge in [0.15, 0.2) is 0 Å². The Kier molecular flexibility index (Phi) is 3.85. The molecule has 0 bridgehead atoms. The molecule has 1 aromatic carbocycles. The fraction of sp³-hybridized carbons (Fsp3) is 0.500. The van der Waals surface area contributed by atoms with Crippen LogP contribution in [0, 0.1) is 5.92 Å². The van der Waals surface area contributed by atoms with Crippen molar-refractivity contribution in [2.45, 2.75) is 25.8 Å². The highest BCUT2D eigenvalue weighted by molar-refractivity contribution is 5.82. The Labute approximate surface area is 114 Å². The summed E-state index contributed by atoms with van der Waals surface area (Å²) < 4.78 is 0. The van der Waals surface area contributed by atoms with E-state index in [4.69, 9.17) is 5.11 Å². The van der Waals surface area contributed by atoms with E-state index < -0.39 is 0 Å². The molecule has 19 heavy (non-hydrogen) atoms. The molecular weight excluding hydrogens is 236 g/mol. The van der Waals surface area contributed by atoms with Crippen LogP contribution < -0.4 is 0 Å². The van der Waals surface area contributed by atoms with Crippen molar-refractivity contribution in [3.63, 3.8) is 0 Å². The Bertz CT molecular complexity index is 526. The third kappa shape index (κ3) is 2.82. The van der Waals surface area contributed by atoms with Gasteiger partial charge in [-0.1, -0.05) is 12.1 Å². The molecule has 3 heteroatoms. The maximum absolute atomic E-state index is 9.00. The second-order valence-electron chi connectivity index (χ2n) is 5.59. The number of hydrogen-bond donors (Lipinski definition) is 2. The number of nitrogens with one attached hydrogen (secondary N) is 1. The zero-order valence-electron chi connectivity index (χ0n) is 11.3. The van der Waals surface area contributed by atoms with Crippen LogP contribution in [0.5, 0.6) is 0 Å². The van der Waals surface area contributed by atoms with Crippen molar-refractivity contribution < 1.29 is 5.11 Å². The van der Waals surface area contributed by atoms with Gasteiger partial charge in [-0.2, -0.15) is 0 Å². The van der Waals surface area contributed by atoms with Crippen molar-refractivity contribution in [3.8, 4) is 0 Å². The van der Waals surface area contributed by atoms with Gasteiger partial charge in [-0.15, -0.1) is 0 Å². The SMILES string of the molecule is OCCC1CCN(Cc2cccc3[nH]ccc23)CC1. The fourth-order valence-electron chi connectivity index (χ4n) is 3.15. The number of aliphatic hydroxyl groups is 1. The summed E-state index contributed by atoms with van der Waals surface area (Å²) in [5.74, 6) is 0.726. The van der Waals surface area contributed by atoms with Gasteiger partial charge in [0.2, 0.25) is 0 Å². The minimum absolute atomic E-state index is 0.341. The zero-order valence-corrected chi connectivity index (χ0v) is 11.3. The van der Waals surface area contributed by atoms with Gasteiger partial charge in [0, 0.05) is 30.3 Å². The van der Waals surface area contributed by atoms with E-state index in [1.807, 2.05) is 6.20 Å². The van der Waals surface area contributed by atoms with E-state index in [0.29, 0.717) is 6.61 Å². The normalized spacial score (nSPS) is 18.2. The lowest BCUT2D eigenvalue weighted by molar-refractivity contribution is 0.153. The molecule has 0 spiro atoms. The lowest BCUT2D eigenvalue weighted by atomic mass is 9.93. The summed E-state index contributed by atoms with van der Waals surface area (Å²) in [6.45, 7) is 3.70. The fourth-order valence-corrected chi connectivity index (χ4v) is 3.15. The third-order valence-electron chi connectivity index (χ3n) is 4.32. The van der Waals surface area contributed by atoms with E-state index in [2.05, 4.69) is 34.1 Å². The Balaban J connectivity index is 1.65. The van der Waals surface area contributed by atoms with Crippen LogP contribution in [-0.4, -0.2) is 34.7 Å². The predicted octanol–water partition coefficient (Wildman–Crippen LogP) is 2.76. The van der Waals surface area contributed by atoms with Crippen LogP contribution in [0.3, 0.4) is 0 Å². The molecule has 3 rings (SSSR count). The number of fused-ring (bicyclic) bond motifs is 1. The van der Waals surface area contributed by atoms with E-state index >= 15 is 0 Å². The second-order valence-corrected chi connectivity index (χ2v) is 5.59. The van der Waals surface area contributed by atoms with Crippen molar-refractivity contribution in [2.24, 2.45) is 5.92 Å². The first-order valence-corrected chi connectivity index (χ1v) is 7.25. The van der Waals surface area contributed by atoms with Gasteiger partial charge < -0.3 is 10.1 Å². The van der Waals surface area contributed by atoms with Gasteiger partial charge in [-0.25, -0.2) is 0 Å². The van der Waals surface area contributed by atoms with Crippen LogP contribution in [0.25, 0.3) is 10.9 Å². The first-order valence-electron chi connectivity index (χ1n) is 7.25. The Hall–Kier alpha value is -1.32. The van der Waals surface area contributed by atoms with Gasteiger partial charge >= 0.3 is 0 Å². The average Bonchev–Trinajstić information content (AvgIpc) is 2.91. The number of rotatable bonds is 4. The van der Waals surface area contributed by atoms with Gasteiger partial charge in [0.05, 0.1) is 0 Å². The molecule has 1 aliphatic heterocycles. The minimum atomic E-state index is 0.341. The molecule has 0 amide bonds. The zero-order chi connectivity index (χ0) is 13.1. The molecule has 0 unspecified atom stereocenters. The number of likely N-dealkylation sites (tertiary alicyclic amines) is 1. The highest BCUT2D eigenvalue weighted by atomic mass is 16.3. The van der Waals surface area contributed by atoms with Gasteiger partial charge in [0.1, 0.15) is 0 Å². The number of aromatic nitrogens is 1. The summed E-state index contributed by atoms with van der Waals surface area (Å²) in [6.07, 6.45) is 5.44. The topological polar surface area (TPSA) is 39.3 Å². The highest BCUT2D eigenvalue weighted by Crippen LogP contribution is 2.24. The molecular formula is C16H22N2O. The smallest absolute Gasteiger partial charge is 0.0457 e. The Morgan fingerprint density at radius 3 is 2.84 bits per heavy atom. The van der Waals surface area contributed by atoms with Gasteiger partial charge in [-0.05, 0) is 56.0 Å². The molecule has 1 fully saturated rings. The number of nitrogens with zero attached hydrogens (tertiary/aromatic N) is 1. The van der Waals surface area contributed by atoms with Crippen molar-refractivity contribution >= 4 is 10.9 Å². The standard InChI is InChI=1S/C16H22N2O/c19-11-7-13-5-9-18(10-6-13)12-14-2-1-3-16-15(14)4-8-17-16/h1-4,8,13,17,19H,5-7,9-12H2.